The maximum atomic E-state index is 9.70. The molecule has 0 aromatic carbocycles. The lowest BCUT2D eigenvalue weighted by Crippen LogP contribution is -2.47. The molecule has 1 aliphatic carbocycles. The fourth-order valence-corrected chi connectivity index (χ4v) is 2.61. The Morgan fingerprint density at radius 1 is 1.14 bits per heavy atom. The van der Waals surface area contributed by atoms with Crippen molar-refractivity contribution in [3.63, 3.8) is 0 Å². The first-order valence-electron chi connectivity index (χ1n) is 5.88. The molecule has 0 bridgehead atoms. The molecule has 2 atom stereocenters. The number of rotatable bonds is 2. The van der Waals surface area contributed by atoms with Crippen LogP contribution in [0.15, 0.2) is 0 Å². The SMILES string of the molecule is CN1CCC(NC2CCCC2O)CC1. The van der Waals surface area contributed by atoms with Gasteiger partial charge in [-0.2, -0.15) is 0 Å². The lowest BCUT2D eigenvalue weighted by molar-refractivity contribution is 0.131. The van der Waals surface area contributed by atoms with Crippen LogP contribution >= 0.6 is 0 Å². The van der Waals surface area contributed by atoms with Crippen LogP contribution in [-0.2, 0) is 0 Å². The summed E-state index contributed by atoms with van der Waals surface area (Å²) in [6.45, 7) is 2.39. The van der Waals surface area contributed by atoms with Crippen LogP contribution in [0.3, 0.4) is 0 Å². The van der Waals surface area contributed by atoms with Crippen molar-refractivity contribution < 1.29 is 5.11 Å². The van der Waals surface area contributed by atoms with Crippen LogP contribution in [0, 0.1) is 0 Å². The third-order valence-corrected chi connectivity index (χ3v) is 3.65. The van der Waals surface area contributed by atoms with Gasteiger partial charge in [0, 0.05) is 12.1 Å². The van der Waals surface area contributed by atoms with E-state index in [0.717, 1.165) is 12.8 Å². The molecule has 0 aromatic heterocycles. The fourth-order valence-electron chi connectivity index (χ4n) is 2.61. The number of nitrogens with one attached hydrogen (secondary N) is 1. The second-order valence-electron chi connectivity index (χ2n) is 4.85. The van der Waals surface area contributed by atoms with Crippen molar-refractivity contribution in [2.24, 2.45) is 0 Å². The number of likely N-dealkylation sites (tertiary alicyclic amines) is 1. The third kappa shape index (κ3) is 2.47. The van der Waals surface area contributed by atoms with Gasteiger partial charge < -0.3 is 15.3 Å². The minimum atomic E-state index is -0.0883. The van der Waals surface area contributed by atoms with Crippen molar-refractivity contribution in [1.29, 1.82) is 0 Å². The van der Waals surface area contributed by atoms with Gasteiger partial charge in [-0.05, 0) is 52.2 Å². The number of piperidine rings is 1. The summed E-state index contributed by atoms with van der Waals surface area (Å²) in [5.74, 6) is 0. The molecule has 82 valence electrons. The van der Waals surface area contributed by atoms with Crippen LogP contribution in [0.2, 0.25) is 0 Å². The second-order valence-corrected chi connectivity index (χ2v) is 4.85. The zero-order valence-corrected chi connectivity index (χ0v) is 9.08. The molecule has 2 aliphatic rings. The Morgan fingerprint density at radius 2 is 1.86 bits per heavy atom. The van der Waals surface area contributed by atoms with Crippen LogP contribution in [-0.4, -0.2) is 48.3 Å². The first-order valence-corrected chi connectivity index (χ1v) is 5.88. The number of aliphatic hydroxyl groups is 1. The molecule has 1 aliphatic heterocycles. The van der Waals surface area contributed by atoms with E-state index in [1.165, 1.54) is 32.4 Å². The maximum Gasteiger partial charge on any atom is 0.0693 e. The average molecular weight is 198 g/mol. The molecule has 0 radical (unpaired) electrons. The van der Waals surface area contributed by atoms with Crippen LogP contribution < -0.4 is 5.32 Å². The number of aliphatic hydroxyl groups excluding tert-OH is 1. The molecule has 2 rings (SSSR count). The molecule has 3 heteroatoms. The first-order chi connectivity index (χ1) is 6.75. The maximum absolute atomic E-state index is 9.70. The van der Waals surface area contributed by atoms with E-state index in [0.29, 0.717) is 12.1 Å². The Hall–Kier alpha value is -0.120. The summed E-state index contributed by atoms with van der Waals surface area (Å²) in [5, 5.41) is 13.3. The highest BCUT2D eigenvalue weighted by Gasteiger charge is 2.28. The fraction of sp³-hybridized carbons (Fsp3) is 1.00. The van der Waals surface area contributed by atoms with E-state index >= 15 is 0 Å². The Morgan fingerprint density at radius 3 is 2.43 bits per heavy atom. The monoisotopic (exact) mass is 198 g/mol. The number of nitrogens with zero attached hydrogens (tertiary/aromatic N) is 1. The Labute approximate surface area is 86.5 Å². The summed E-state index contributed by atoms with van der Waals surface area (Å²) in [7, 11) is 2.18. The van der Waals surface area contributed by atoms with E-state index in [1.54, 1.807) is 0 Å². The summed E-state index contributed by atoms with van der Waals surface area (Å²) < 4.78 is 0. The van der Waals surface area contributed by atoms with Crippen LogP contribution in [0.5, 0.6) is 0 Å². The topological polar surface area (TPSA) is 35.5 Å². The minimum Gasteiger partial charge on any atom is -0.392 e. The van der Waals surface area contributed by atoms with E-state index in [9.17, 15) is 5.11 Å². The zero-order valence-electron chi connectivity index (χ0n) is 9.08. The van der Waals surface area contributed by atoms with Crippen molar-refractivity contribution in [1.82, 2.24) is 10.2 Å². The molecule has 14 heavy (non-hydrogen) atoms. The summed E-state index contributed by atoms with van der Waals surface area (Å²) in [4.78, 5) is 2.38. The Kier molecular flexibility index (Phi) is 3.42. The quantitative estimate of drug-likeness (QED) is 0.681. The molecule has 0 spiro atoms. The zero-order chi connectivity index (χ0) is 9.97. The highest BCUT2D eigenvalue weighted by Crippen LogP contribution is 2.21. The van der Waals surface area contributed by atoms with Gasteiger partial charge in [0.2, 0.25) is 0 Å². The third-order valence-electron chi connectivity index (χ3n) is 3.65. The highest BCUT2D eigenvalue weighted by molar-refractivity contribution is 4.87. The predicted molar refractivity (Wildman–Crippen MR) is 57.3 cm³/mol. The van der Waals surface area contributed by atoms with Crippen molar-refractivity contribution >= 4 is 0 Å². The molecule has 3 nitrogen and oxygen atoms in total. The van der Waals surface area contributed by atoms with Gasteiger partial charge in [0.1, 0.15) is 0 Å². The highest BCUT2D eigenvalue weighted by atomic mass is 16.3. The van der Waals surface area contributed by atoms with E-state index in [2.05, 4.69) is 17.3 Å². The molecule has 0 amide bonds. The smallest absolute Gasteiger partial charge is 0.0693 e. The van der Waals surface area contributed by atoms with Gasteiger partial charge in [-0.25, -0.2) is 0 Å². The van der Waals surface area contributed by atoms with Gasteiger partial charge in [0.05, 0.1) is 6.10 Å². The molecule has 2 N–H and O–H groups in total. The van der Waals surface area contributed by atoms with Crippen molar-refractivity contribution in [2.75, 3.05) is 20.1 Å². The lowest BCUT2D eigenvalue weighted by atomic mass is 10.0. The molecule has 1 saturated carbocycles. The average Bonchev–Trinajstić information content (AvgIpc) is 2.56. The molecular weight excluding hydrogens is 176 g/mol. The van der Waals surface area contributed by atoms with Crippen molar-refractivity contribution in [3.8, 4) is 0 Å². The normalized spacial score (nSPS) is 36.4. The van der Waals surface area contributed by atoms with Crippen LogP contribution in [0.4, 0.5) is 0 Å². The summed E-state index contributed by atoms with van der Waals surface area (Å²) >= 11 is 0. The van der Waals surface area contributed by atoms with Gasteiger partial charge in [-0.15, -0.1) is 0 Å². The van der Waals surface area contributed by atoms with Gasteiger partial charge in [-0.1, -0.05) is 0 Å². The van der Waals surface area contributed by atoms with Crippen molar-refractivity contribution in [3.05, 3.63) is 0 Å². The van der Waals surface area contributed by atoms with Crippen LogP contribution in [0.1, 0.15) is 32.1 Å². The van der Waals surface area contributed by atoms with E-state index in [-0.39, 0.29) is 6.10 Å². The summed E-state index contributed by atoms with van der Waals surface area (Å²) in [5.41, 5.74) is 0. The minimum absolute atomic E-state index is 0.0883. The van der Waals surface area contributed by atoms with Gasteiger partial charge >= 0.3 is 0 Å². The molecule has 0 aromatic rings. The van der Waals surface area contributed by atoms with E-state index in [4.69, 9.17) is 0 Å². The van der Waals surface area contributed by atoms with Gasteiger partial charge in [-0.3, -0.25) is 0 Å². The first kappa shape index (κ1) is 10.4. The van der Waals surface area contributed by atoms with Crippen LogP contribution in [0.25, 0.3) is 0 Å². The molecular formula is C11H22N2O. The molecule has 2 fully saturated rings. The second kappa shape index (κ2) is 4.60. The molecule has 1 heterocycles. The summed E-state index contributed by atoms with van der Waals surface area (Å²) in [6.07, 6.45) is 5.72. The largest absolute Gasteiger partial charge is 0.392 e. The van der Waals surface area contributed by atoms with E-state index < -0.39 is 0 Å². The predicted octanol–water partition coefficient (Wildman–Crippen LogP) is 0.584. The van der Waals surface area contributed by atoms with Gasteiger partial charge in [0.25, 0.3) is 0 Å². The molecule has 2 unspecified atom stereocenters. The standard InChI is InChI=1S/C11H22N2O/c1-13-7-5-9(6-8-13)12-10-3-2-4-11(10)14/h9-12,14H,2-8H2,1H3. The molecule has 1 saturated heterocycles. The Balaban J connectivity index is 1.74. The number of hydrogen-bond donors (Lipinski definition) is 2. The number of hydrogen-bond acceptors (Lipinski definition) is 3. The summed E-state index contributed by atoms with van der Waals surface area (Å²) in [6, 6.07) is 1.02. The van der Waals surface area contributed by atoms with E-state index in [1.807, 2.05) is 0 Å². The van der Waals surface area contributed by atoms with Gasteiger partial charge in [0.15, 0.2) is 0 Å². The Bertz CT molecular complexity index is 178. The van der Waals surface area contributed by atoms with Crippen molar-refractivity contribution in [2.45, 2.75) is 50.3 Å². The lowest BCUT2D eigenvalue weighted by Gasteiger charge is -2.32.